The summed E-state index contributed by atoms with van der Waals surface area (Å²) in [6, 6.07) is 9.75. The van der Waals surface area contributed by atoms with Crippen molar-refractivity contribution in [2.45, 2.75) is 52.0 Å². The van der Waals surface area contributed by atoms with Gasteiger partial charge in [0.2, 0.25) is 0 Å². The van der Waals surface area contributed by atoms with E-state index in [-0.39, 0.29) is 0 Å². The van der Waals surface area contributed by atoms with E-state index in [1.165, 1.54) is 32.1 Å². The molecule has 4 unspecified atom stereocenters. The Labute approximate surface area is 124 Å². The second kappa shape index (κ2) is 5.89. The molecular formula is C19H29N. The molecule has 110 valence electrons. The van der Waals surface area contributed by atoms with Gasteiger partial charge in [-0.1, -0.05) is 44.5 Å². The standard InChI is InChI=1S/C19H29N/c1-13-8-9-17(10-14(13)2)19(20-3)18-11-15-6-4-5-7-16(15)12-18/h4-7,13-14,17-20H,8-12H2,1-3H3. The summed E-state index contributed by atoms with van der Waals surface area (Å²) < 4.78 is 0. The minimum atomic E-state index is 0.706. The van der Waals surface area contributed by atoms with E-state index in [9.17, 15) is 0 Å². The number of hydrogen-bond acceptors (Lipinski definition) is 1. The maximum absolute atomic E-state index is 3.68. The van der Waals surface area contributed by atoms with E-state index in [2.05, 4.69) is 50.5 Å². The molecule has 1 N–H and O–H groups in total. The van der Waals surface area contributed by atoms with E-state index in [1.54, 1.807) is 11.1 Å². The first-order valence-corrected chi connectivity index (χ1v) is 8.43. The molecule has 0 aromatic heterocycles. The van der Waals surface area contributed by atoms with Gasteiger partial charge in [0.25, 0.3) is 0 Å². The maximum atomic E-state index is 3.68. The highest BCUT2D eigenvalue weighted by molar-refractivity contribution is 5.32. The monoisotopic (exact) mass is 271 g/mol. The van der Waals surface area contributed by atoms with Crippen LogP contribution in [-0.2, 0) is 12.8 Å². The van der Waals surface area contributed by atoms with Gasteiger partial charge in [0.1, 0.15) is 0 Å². The number of benzene rings is 1. The molecule has 1 heteroatoms. The molecule has 3 rings (SSSR count). The fourth-order valence-electron chi connectivity index (χ4n) is 4.62. The summed E-state index contributed by atoms with van der Waals surface area (Å²) in [7, 11) is 2.18. The molecule has 1 fully saturated rings. The Morgan fingerprint density at radius 2 is 1.60 bits per heavy atom. The average molecular weight is 271 g/mol. The molecule has 1 aromatic rings. The highest BCUT2D eigenvalue weighted by Crippen LogP contribution is 2.39. The Bertz CT molecular complexity index is 428. The molecule has 0 saturated heterocycles. The summed E-state index contributed by atoms with van der Waals surface area (Å²) in [5, 5.41) is 3.68. The van der Waals surface area contributed by atoms with Gasteiger partial charge >= 0.3 is 0 Å². The van der Waals surface area contributed by atoms with Gasteiger partial charge in [-0.3, -0.25) is 0 Å². The normalized spacial score (nSPS) is 32.0. The van der Waals surface area contributed by atoms with Crippen molar-refractivity contribution >= 4 is 0 Å². The van der Waals surface area contributed by atoms with Crippen molar-refractivity contribution in [1.29, 1.82) is 0 Å². The quantitative estimate of drug-likeness (QED) is 0.874. The fourth-order valence-corrected chi connectivity index (χ4v) is 4.62. The van der Waals surface area contributed by atoms with Gasteiger partial charge in [-0.15, -0.1) is 0 Å². The molecule has 4 atom stereocenters. The summed E-state index contributed by atoms with van der Waals surface area (Å²) in [5.74, 6) is 3.51. The molecule has 0 radical (unpaired) electrons. The summed E-state index contributed by atoms with van der Waals surface area (Å²) in [4.78, 5) is 0. The lowest BCUT2D eigenvalue weighted by molar-refractivity contribution is 0.147. The van der Waals surface area contributed by atoms with Crippen molar-refractivity contribution < 1.29 is 0 Å². The van der Waals surface area contributed by atoms with Crippen molar-refractivity contribution in [3.05, 3.63) is 35.4 Å². The zero-order valence-corrected chi connectivity index (χ0v) is 13.2. The van der Waals surface area contributed by atoms with Crippen molar-refractivity contribution in [2.75, 3.05) is 7.05 Å². The van der Waals surface area contributed by atoms with Gasteiger partial charge in [-0.25, -0.2) is 0 Å². The summed E-state index contributed by atoms with van der Waals surface area (Å²) in [5.41, 5.74) is 3.19. The van der Waals surface area contributed by atoms with Crippen molar-refractivity contribution in [1.82, 2.24) is 5.32 Å². The molecule has 20 heavy (non-hydrogen) atoms. The molecule has 0 aliphatic heterocycles. The lowest BCUT2D eigenvalue weighted by Crippen LogP contribution is -2.43. The van der Waals surface area contributed by atoms with Crippen molar-refractivity contribution in [3.63, 3.8) is 0 Å². The van der Waals surface area contributed by atoms with Gasteiger partial charge in [0.15, 0.2) is 0 Å². The van der Waals surface area contributed by atoms with Crippen LogP contribution in [-0.4, -0.2) is 13.1 Å². The second-order valence-corrected chi connectivity index (χ2v) is 7.28. The molecule has 0 bridgehead atoms. The number of hydrogen-bond donors (Lipinski definition) is 1. The van der Waals surface area contributed by atoms with Gasteiger partial charge in [-0.2, -0.15) is 0 Å². The van der Waals surface area contributed by atoms with E-state index in [0.717, 1.165) is 23.7 Å². The van der Waals surface area contributed by atoms with Crippen LogP contribution in [0.5, 0.6) is 0 Å². The smallest absolute Gasteiger partial charge is 0.0127 e. The van der Waals surface area contributed by atoms with Crippen LogP contribution in [0.15, 0.2) is 24.3 Å². The number of fused-ring (bicyclic) bond motifs is 1. The lowest BCUT2D eigenvalue weighted by Gasteiger charge is -2.39. The Kier molecular flexibility index (Phi) is 4.16. The van der Waals surface area contributed by atoms with Crippen LogP contribution in [0.2, 0.25) is 0 Å². The molecular weight excluding hydrogens is 242 g/mol. The highest BCUT2D eigenvalue weighted by atomic mass is 14.9. The number of rotatable bonds is 3. The first-order chi connectivity index (χ1) is 9.69. The minimum Gasteiger partial charge on any atom is -0.316 e. The van der Waals surface area contributed by atoms with E-state index in [4.69, 9.17) is 0 Å². The zero-order chi connectivity index (χ0) is 14.1. The minimum absolute atomic E-state index is 0.706. The second-order valence-electron chi connectivity index (χ2n) is 7.28. The van der Waals surface area contributed by atoms with E-state index >= 15 is 0 Å². The molecule has 0 heterocycles. The SMILES string of the molecule is CNC(C1Cc2ccccc2C1)C1CCC(C)C(C)C1. The molecule has 1 saturated carbocycles. The summed E-state index contributed by atoms with van der Waals surface area (Å²) in [6.45, 7) is 4.88. The highest BCUT2D eigenvalue weighted by Gasteiger charge is 2.36. The average Bonchev–Trinajstić information content (AvgIpc) is 2.87. The van der Waals surface area contributed by atoms with E-state index in [0.29, 0.717) is 6.04 Å². The predicted octanol–water partition coefficient (Wildman–Crippen LogP) is 4.06. The maximum Gasteiger partial charge on any atom is 0.0127 e. The van der Waals surface area contributed by atoms with E-state index < -0.39 is 0 Å². The van der Waals surface area contributed by atoms with Gasteiger partial charge in [-0.05, 0) is 67.5 Å². The predicted molar refractivity (Wildman–Crippen MR) is 85.9 cm³/mol. The van der Waals surface area contributed by atoms with Gasteiger partial charge < -0.3 is 5.32 Å². The third kappa shape index (κ3) is 2.65. The van der Waals surface area contributed by atoms with Crippen LogP contribution in [0.1, 0.15) is 44.2 Å². The third-order valence-corrected chi connectivity index (χ3v) is 6.07. The topological polar surface area (TPSA) is 12.0 Å². The Hall–Kier alpha value is -0.820. The first-order valence-electron chi connectivity index (χ1n) is 8.43. The Balaban J connectivity index is 1.69. The van der Waals surface area contributed by atoms with Crippen LogP contribution in [0.4, 0.5) is 0 Å². The van der Waals surface area contributed by atoms with E-state index in [1.807, 2.05) is 0 Å². The zero-order valence-electron chi connectivity index (χ0n) is 13.2. The van der Waals surface area contributed by atoms with Crippen LogP contribution in [0.3, 0.4) is 0 Å². The van der Waals surface area contributed by atoms with Crippen LogP contribution in [0, 0.1) is 23.7 Å². The number of nitrogens with one attached hydrogen (secondary N) is 1. The molecule has 0 spiro atoms. The van der Waals surface area contributed by atoms with Gasteiger partial charge in [0.05, 0.1) is 0 Å². The third-order valence-electron chi connectivity index (χ3n) is 6.07. The Morgan fingerprint density at radius 3 is 2.15 bits per heavy atom. The van der Waals surface area contributed by atoms with Gasteiger partial charge in [0, 0.05) is 6.04 Å². The largest absolute Gasteiger partial charge is 0.316 e. The summed E-state index contributed by atoms with van der Waals surface area (Å²) >= 11 is 0. The lowest BCUT2D eigenvalue weighted by atomic mass is 9.70. The molecule has 1 aromatic carbocycles. The van der Waals surface area contributed by atoms with Crippen LogP contribution >= 0.6 is 0 Å². The molecule has 2 aliphatic rings. The van der Waals surface area contributed by atoms with Crippen molar-refractivity contribution in [3.8, 4) is 0 Å². The van der Waals surface area contributed by atoms with Crippen molar-refractivity contribution in [2.24, 2.45) is 23.7 Å². The van der Waals surface area contributed by atoms with Crippen LogP contribution in [0.25, 0.3) is 0 Å². The van der Waals surface area contributed by atoms with Crippen LogP contribution < -0.4 is 5.32 Å². The molecule has 1 nitrogen and oxygen atoms in total. The molecule has 0 amide bonds. The first kappa shape index (κ1) is 14.1. The summed E-state index contributed by atoms with van der Waals surface area (Å²) in [6.07, 6.45) is 6.82. The molecule has 2 aliphatic carbocycles. The fraction of sp³-hybridized carbons (Fsp3) is 0.684. The Morgan fingerprint density at radius 1 is 0.950 bits per heavy atom.